The van der Waals surface area contributed by atoms with E-state index in [1.54, 1.807) is 28.8 Å². The predicted octanol–water partition coefficient (Wildman–Crippen LogP) is 2.45. The molecule has 3 aromatic rings. The van der Waals surface area contributed by atoms with Crippen molar-refractivity contribution in [1.82, 2.24) is 19.5 Å². The van der Waals surface area contributed by atoms with E-state index >= 15 is 0 Å². The molecular weight excluding hydrogens is 330 g/mol. The van der Waals surface area contributed by atoms with Crippen molar-refractivity contribution in [2.24, 2.45) is 0 Å². The molecule has 3 rings (SSSR count). The van der Waals surface area contributed by atoms with Crippen molar-refractivity contribution < 1.29 is 0 Å². The number of hydrogen-bond acceptors (Lipinski definition) is 5. The first-order valence-corrected chi connectivity index (χ1v) is 7.48. The third-order valence-corrected chi connectivity index (χ3v) is 3.50. The van der Waals surface area contributed by atoms with Gasteiger partial charge in [0.15, 0.2) is 5.52 Å². The standard InChI is InChI=1S/C16H14ClN5O2/c1-9(2)7-22-8-18-12-13(22)15(24)21-16(20-14(12)23)19-11-5-3-10(17)4-6-11/h3-6,8H,1,7H2,2H3,(H2,19,20,21,23,24). The lowest BCUT2D eigenvalue weighted by atomic mass is 10.3. The molecule has 0 saturated heterocycles. The first kappa shape index (κ1) is 15.9. The Labute approximate surface area is 141 Å². The number of nitrogens with zero attached hydrogens (tertiary/aromatic N) is 3. The Morgan fingerprint density at radius 1 is 1.33 bits per heavy atom. The molecule has 0 bridgehead atoms. The van der Waals surface area contributed by atoms with E-state index in [9.17, 15) is 9.59 Å². The zero-order valence-electron chi connectivity index (χ0n) is 12.8. The van der Waals surface area contributed by atoms with Crippen LogP contribution in [-0.4, -0.2) is 19.5 Å². The number of rotatable bonds is 4. The van der Waals surface area contributed by atoms with Gasteiger partial charge in [-0.15, -0.1) is 0 Å². The second-order valence-electron chi connectivity index (χ2n) is 5.38. The Morgan fingerprint density at radius 3 is 2.71 bits per heavy atom. The molecule has 7 nitrogen and oxygen atoms in total. The summed E-state index contributed by atoms with van der Waals surface area (Å²) in [5, 5.41) is 3.46. The van der Waals surface area contributed by atoms with Crippen LogP contribution in [0.4, 0.5) is 11.6 Å². The lowest BCUT2D eigenvalue weighted by Crippen LogP contribution is -2.10. The smallest absolute Gasteiger partial charge is 0.301 e. The highest BCUT2D eigenvalue weighted by Crippen LogP contribution is 2.15. The number of aromatic nitrogens is 4. The van der Waals surface area contributed by atoms with Gasteiger partial charge in [-0.1, -0.05) is 23.8 Å². The van der Waals surface area contributed by atoms with Crippen LogP contribution in [0.15, 0.2) is 52.3 Å². The van der Waals surface area contributed by atoms with Gasteiger partial charge in [0.1, 0.15) is 5.52 Å². The van der Waals surface area contributed by atoms with Gasteiger partial charge in [-0.05, 0) is 31.2 Å². The number of hydrogen-bond donors (Lipinski definition) is 2. The van der Waals surface area contributed by atoms with E-state index < -0.39 is 11.1 Å². The summed E-state index contributed by atoms with van der Waals surface area (Å²) in [7, 11) is 0. The summed E-state index contributed by atoms with van der Waals surface area (Å²) < 4.78 is 1.58. The lowest BCUT2D eigenvalue weighted by Gasteiger charge is -2.03. The van der Waals surface area contributed by atoms with Crippen molar-refractivity contribution in [3.8, 4) is 0 Å². The number of benzene rings is 1. The van der Waals surface area contributed by atoms with Crippen molar-refractivity contribution in [2.75, 3.05) is 5.32 Å². The van der Waals surface area contributed by atoms with Gasteiger partial charge in [-0.2, -0.15) is 4.98 Å². The summed E-state index contributed by atoms with van der Waals surface area (Å²) in [6.45, 7) is 6.03. The molecule has 0 atom stereocenters. The van der Waals surface area contributed by atoms with E-state index in [2.05, 4.69) is 26.8 Å². The number of nitrogens with one attached hydrogen (secondary N) is 2. The molecular formula is C16H14ClN5O2. The van der Waals surface area contributed by atoms with Crippen LogP contribution in [-0.2, 0) is 6.54 Å². The van der Waals surface area contributed by atoms with Gasteiger partial charge in [0.2, 0.25) is 5.95 Å². The molecule has 24 heavy (non-hydrogen) atoms. The van der Waals surface area contributed by atoms with Gasteiger partial charge >= 0.3 is 5.56 Å². The Kier molecular flexibility index (Phi) is 4.18. The molecule has 0 spiro atoms. The number of aromatic amines is 1. The summed E-state index contributed by atoms with van der Waals surface area (Å²) in [6.07, 6.45) is 1.43. The van der Waals surface area contributed by atoms with Crippen molar-refractivity contribution in [1.29, 1.82) is 0 Å². The van der Waals surface area contributed by atoms with Crippen molar-refractivity contribution in [3.63, 3.8) is 0 Å². The monoisotopic (exact) mass is 343 g/mol. The number of imidazole rings is 1. The fourth-order valence-electron chi connectivity index (χ4n) is 2.27. The fourth-order valence-corrected chi connectivity index (χ4v) is 2.39. The minimum absolute atomic E-state index is 0.0154. The normalized spacial score (nSPS) is 10.8. The van der Waals surface area contributed by atoms with Crippen LogP contribution >= 0.6 is 11.6 Å². The van der Waals surface area contributed by atoms with Gasteiger partial charge in [0.05, 0.1) is 6.33 Å². The molecule has 0 aliphatic carbocycles. The van der Waals surface area contributed by atoms with Crippen LogP contribution in [0.2, 0.25) is 5.02 Å². The summed E-state index contributed by atoms with van der Waals surface area (Å²) >= 11 is 5.83. The maximum absolute atomic E-state index is 12.5. The van der Waals surface area contributed by atoms with E-state index in [0.29, 0.717) is 17.3 Å². The van der Waals surface area contributed by atoms with Gasteiger partial charge in [-0.3, -0.25) is 14.6 Å². The molecule has 0 radical (unpaired) electrons. The Morgan fingerprint density at radius 2 is 2.04 bits per heavy atom. The Balaban J connectivity index is 2.12. The fraction of sp³-hybridized carbons (Fsp3) is 0.125. The third kappa shape index (κ3) is 3.21. The molecule has 2 aromatic heterocycles. The minimum atomic E-state index is -0.597. The van der Waals surface area contributed by atoms with Gasteiger partial charge in [-0.25, -0.2) is 4.98 Å². The molecule has 0 amide bonds. The summed E-state index contributed by atoms with van der Waals surface area (Å²) in [4.78, 5) is 35.2. The highest BCUT2D eigenvalue weighted by atomic mass is 35.5. The SMILES string of the molecule is C=C(C)Cn1cnc2c(=O)nc(Nc3ccc(Cl)cc3)[nH]c(=O)c21. The Hall–Kier alpha value is -2.93. The average Bonchev–Trinajstić information content (AvgIpc) is 2.87. The molecule has 8 heteroatoms. The van der Waals surface area contributed by atoms with Gasteiger partial charge < -0.3 is 9.88 Å². The largest absolute Gasteiger partial charge is 0.326 e. The maximum Gasteiger partial charge on any atom is 0.301 e. The van der Waals surface area contributed by atoms with Crippen LogP contribution in [0.1, 0.15) is 6.92 Å². The van der Waals surface area contributed by atoms with E-state index in [4.69, 9.17) is 11.6 Å². The van der Waals surface area contributed by atoms with Crippen LogP contribution in [0.3, 0.4) is 0 Å². The van der Waals surface area contributed by atoms with E-state index in [0.717, 1.165) is 5.57 Å². The summed E-state index contributed by atoms with van der Waals surface area (Å²) in [5.41, 5.74) is 0.590. The zero-order valence-corrected chi connectivity index (χ0v) is 13.6. The number of fused-ring (bicyclic) bond motifs is 1. The molecule has 122 valence electrons. The topological polar surface area (TPSA) is 92.7 Å². The Bertz CT molecular complexity index is 1040. The number of halogens is 1. The quantitative estimate of drug-likeness (QED) is 0.710. The highest BCUT2D eigenvalue weighted by molar-refractivity contribution is 6.30. The van der Waals surface area contributed by atoms with E-state index in [1.807, 2.05) is 6.92 Å². The maximum atomic E-state index is 12.5. The first-order valence-electron chi connectivity index (χ1n) is 7.10. The summed E-state index contributed by atoms with van der Waals surface area (Å²) in [5.74, 6) is 0.0344. The molecule has 0 aliphatic rings. The third-order valence-electron chi connectivity index (χ3n) is 3.25. The molecule has 0 unspecified atom stereocenters. The summed E-state index contributed by atoms with van der Waals surface area (Å²) in [6, 6.07) is 6.78. The number of allylic oxidation sites excluding steroid dienone is 1. The van der Waals surface area contributed by atoms with Crippen LogP contribution in [0.25, 0.3) is 11.0 Å². The highest BCUT2D eigenvalue weighted by Gasteiger charge is 2.11. The van der Waals surface area contributed by atoms with Crippen molar-refractivity contribution in [3.05, 3.63) is 68.5 Å². The minimum Gasteiger partial charge on any atom is -0.326 e. The predicted molar refractivity (Wildman–Crippen MR) is 94.0 cm³/mol. The molecule has 0 aliphatic heterocycles. The molecule has 0 saturated carbocycles. The van der Waals surface area contributed by atoms with Crippen LogP contribution in [0.5, 0.6) is 0 Å². The zero-order chi connectivity index (χ0) is 17.3. The molecule has 1 aromatic carbocycles. The van der Waals surface area contributed by atoms with Crippen molar-refractivity contribution >= 4 is 34.3 Å². The van der Waals surface area contributed by atoms with Crippen molar-refractivity contribution in [2.45, 2.75) is 13.5 Å². The van der Waals surface area contributed by atoms with Gasteiger partial charge in [0.25, 0.3) is 5.56 Å². The second-order valence-corrected chi connectivity index (χ2v) is 5.81. The number of anilines is 2. The first-order chi connectivity index (χ1) is 11.4. The van der Waals surface area contributed by atoms with E-state index in [-0.39, 0.29) is 17.0 Å². The van der Waals surface area contributed by atoms with Crippen LogP contribution in [0, 0.1) is 0 Å². The molecule has 2 heterocycles. The second kappa shape index (κ2) is 6.29. The van der Waals surface area contributed by atoms with Gasteiger partial charge in [0, 0.05) is 17.3 Å². The lowest BCUT2D eigenvalue weighted by molar-refractivity contribution is 0.807. The molecule has 0 fully saturated rings. The van der Waals surface area contributed by atoms with Crippen LogP contribution < -0.4 is 16.4 Å². The number of H-pyrrole nitrogens is 1. The van der Waals surface area contributed by atoms with E-state index in [1.165, 1.54) is 6.33 Å². The average molecular weight is 344 g/mol. The molecule has 2 N–H and O–H groups in total.